The quantitative estimate of drug-likeness (QED) is 0.685. The number of hydrogen-bond acceptors (Lipinski definition) is 4. The molecule has 3 aromatic rings. The van der Waals surface area contributed by atoms with Gasteiger partial charge in [-0.2, -0.15) is 0 Å². The molecule has 2 heterocycles. The van der Waals surface area contributed by atoms with Crippen molar-refractivity contribution in [3.63, 3.8) is 0 Å². The summed E-state index contributed by atoms with van der Waals surface area (Å²) in [6.45, 7) is 4.05. The van der Waals surface area contributed by atoms with Crippen molar-refractivity contribution in [2.75, 3.05) is 17.9 Å². The van der Waals surface area contributed by atoms with E-state index in [0.717, 1.165) is 33.3 Å². The fourth-order valence-electron chi connectivity index (χ4n) is 3.36. The summed E-state index contributed by atoms with van der Waals surface area (Å²) in [5.41, 5.74) is 7.57. The lowest BCUT2D eigenvalue weighted by Gasteiger charge is -2.34. The molecule has 1 amide bonds. The summed E-state index contributed by atoms with van der Waals surface area (Å²) in [7, 11) is 1.65. The highest BCUT2D eigenvalue weighted by Gasteiger charge is 2.36. The van der Waals surface area contributed by atoms with Crippen LogP contribution in [0.25, 0.3) is 0 Å². The van der Waals surface area contributed by atoms with Crippen LogP contribution in [0.5, 0.6) is 5.75 Å². The van der Waals surface area contributed by atoms with Gasteiger partial charge in [0.05, 0.1) is 18.2 Å². The van der Waals surface area contributed by atoms with Gasteiger partial charge in [-0.15, -0.1) is 0 Å². The molecular formula is C22H23N3O2S. The van der Waals surface area contributed by atoms with Gasteiger partial charge in [0.1, 0.15) is 11.0 Å². The summed E-state index contributed by atoms with van der Waals surface area (Å²) in [6, 6.07) is 19.6. The zero-order valence-corrected chi connectivity index (χ0v) is 16.9. The van der Waals surface area contributed by atoms with E-state index < -0.39 is 0 Å². The number of thioether (sulfide) groups is 1. The molecule has 28 heavy (non-hydrogen) atoms. The summed E-state index contributed by atoms with van der Waals surface area (Å²) in [4.78, 5) is 13.2. The summed E-state index contributed by atoms with van der Waals surface area (Å²) in [5, 5.41) is 3.83. The van der Waals surface area contributed by atoms with Crippen LogP contribution in [-0.2, 0) is 4.79 Å². The van der Waals surface area contributed by atoms with Gasteiger partial charge in [0, 0.05) is 11.4 Å². The van der Waals surface area contributed by atoms with E-state index in [-0.39, 0.29) is 17.2 Å². The number of ether oxygens (including phenoxy) is 1. The third kappa shape index (κ3) is 3.47. The van der Waals surface area contributed by atoms with Crippen LogP contribution >= 0.6 is 11.8 Å². The molecule has 0 saturated carbocycles. The number of methoxy groups -OCH3 is 1. The molecule has 1 aliphatic rings. The summed E-state index contributed by atoms with van der Waals surface area (Å²) < 4.78 is 7.33. The predicted octanol–water partition coefficient (Wildman–Crippen LogP) is 4.51. The molecule has 4 rings (SSSR count). The molecule has 1 aliphatic heterocycles. The topological polar surface area (TPSA) is 55.3 Å². The third-order valence-electron chi connectivity index (χ3n) is 5.00. The zero-order chi connectivity index (χ0) is 19.7. The lowest BCUT2D eigenvalue weighted by molar-refractivity contribution is -0.116. The van der Waals surface area contributed by atoms with Crippen molar-refractivity contribution in [3.8, 4) is 5.75 Å². The van der Waals surface area contributed by atoms with Gasteiger partial charge >= 0.3 is 0 Å². The van der Waals surface area contributed by atoms with Crippen molar-refractivity contribution in [1.29, 1.82) is 0 Å². The summed E-state index contributed by atoms with van der Waals surface area (Å²) in [5.74, 6) is 0.781. The van der Waals surface area contributed by atoms with Crippen LogP contribution in [0.3, 0.4) is 0 Å². The lowest BCUT2D eigenvalue weighted by Crippen LogP contribution is -2.41. The fourth-order valence-corrected chi connectivity index (χ4v) is 4.59. The van der Waals surface area contributed by atoms with Crippen molar-refractivity contribution in [1.82, 2.24) is 4.68 Å². The largest absolute Gasteiger partial charge is 0.497 e. The Bertz CT molecular complexity index is 997. The Morgan fingerprint density at radius 1 is 1.07 bits per heavy atom. The second-order valence-corrected chi connectivity index (χ2v) is 8.03. The van der Waals surface area contributed by atoms with Gasteiger partial charge in [-0.25, -0.2) is 0 Å². The van der Waals surface area contributed by atoms with E-state index in [0.29, 0.717) is 0 Å². The Kier molecular flexibility index (Phi) is 5.05. The Balaban J connectivity index is 1.67. The summed E-state index contributed by atoms with van der Waals surface area (Å²) >= 11 is 1.58. The van der Waals surface area contributed by atoms with Gasteiger partial charge in [0.25, 0.3) is 0 Å². The SMILES string of the molecule is COc1ccc([C@@H]2Nn3c(C)ccc3S[C@H]2C(=O)Nc2ccccc2C)cc1. The van der Waals surface area contributed by atoms with Crippen molar-refractivity contribution >= 4 is 23.4 Å². The van der Waals surface area contributed by atoms with Crippen LogP contribution in [-0.4, -0.2) is 22.9 Å². The van der Waals surface area contributed by atoms with Crippen molar-refractivity contribution in [2.45, 2.75) is 30.2 Å². The van der Waals surface area contributed by atoms with Crippen LogP contribution in [0.4, 0.5) is 5.69 Å². The maximum Gasteiger partial charge on any atom is 0.240 e. The molecular weight excluding hydrogens is 370 g/mol. The number of carbonyl (C=O) groups is 1. The first-order valence-corrected chi connectivity index (χ1v) is 10.1. The number of fused-ring (bicyclic) bond motifs is 1. The maximum absolute atomic E-state index is 13.2. The minimum absolute atomic E-state index is 0.0160. The number of aryl methyl sites for hydroxylation is 2. The zero-order valence-electron chi connectivity index (χ0n) is 16.1. The third-order valence-corrected chi connectivity index (χ3v) is 6.30. The highest BCUT2D eigenvalue weighted by molar-refractivity contribution is 8.00. The lowest BCUT2D eigenvalue weighted by atomic mass is 10.0. The van der Waals surface area contributed by atoms with Crippen LogP contribution < -0.4 is 15.5 Å². The number of nitrogens with zero attached hydrogens (tertiary/aromatic N) is 1. The molecule has 0 radical (unpaired) electrons. The van der Waals surface area contributed by atoms with E-state index in [1.165, 1.54) is 0 Å². The van der Waals surface area contributed by atoms with Crippen LogP contribution in [0.15, 0.2) is 65.7 Å². The second-order valence-electron chi connectivity index (χ2n) is 6.87. The first-order chi connectivity index (χ1) is 13.6. The number of amides is 1. The number of rotatable bonds is 4. The van der Waals surface area contributed by atoms with Crippen molar-refractivity contribution in [3.05, 3.63) is 77.5 Å². The smallest absolute Gasteiger partial charge is 0.240 e. The fraction of sp³-hybridized carbons (Fsp3) is 0.227. The Labute approximate surface area is 169 Å². The standard InChI is InChI=1S/C22H23N3O2S/c1-14-6-4-5-7-18(14)23-22(26)21-20(16-9-11-17(27-3)12-10-16)24-25-15(2)8-13-19(25)28-21/h4-13,20-21,24H,1-3H3,(H,23,26)/t20-,21+/m0/s1. The number of carbonyl (C=O) groups excluding carboxylic acids is 1. The van der Waals surface area contributed by atoms with Crippen LogP contribution in [0.1, 0.15) is 22.9 Å². The minimum atomic E-state index is -0.310. The van der Waals surface area contributed by atoms with E-state index in [2.05, 4.69) is 28.4 Å². The number of aromatic nitrogens is 1. The molecule has 0 fully saturated rings. The first-order valence-electron chi connectivity index (χ1n) is 9.19. The van der Waals surface area contributed by atoms with Gasteiger partial charge in [-0.3, -0.25) is 9.47 Å². The monoisotopic (exact) mass is 393 g/mol. The number of benzene rings is 2. The molecule has 0 unspecified atom stereocenters. The van der Waals surface area contributed by atoms with E-state index in [4.69, 9.17) is 4.74 Å². The van der Waals surface area contributed by atoms with E-state index >= 15 is 0 Å². The Morgan fingerprint density at radius 3 is 2.54 bits per heavy atom. The average molecular weight is 394 g/mol. The summed E-state index contributed by atoms with van der Waals surface area (Å²) in [6.07, 6.45) is 0. The molecule has 5 nitrogen and oxygen atoms in total. The maximum atomic E-state index is 13.2. The van der Waals surface area contributed by atoms with E-state index in [1.54, 1.807) is 18.9 Å². The molecule has 6 heteroatoms. The predicted molar refractivity (Wildman–Crippen MR) is 114 cm³/mol. The van der Waals surface area contributed by atoms with Crippen molar-refractivity contribution in [2.24, 2.45) is 0 Å². The van der Waals surface area contributed by atoms with Crippen LogP contribution in [0.2, 0.25) is 0 Å². The van der Waals surface area contributed by atoms with E-state index in [9.17, 15) is 4.79 Å². The second kappa shape index (κ2) is 7.64. The molecule has 0 spiro atoms. The first kappa shape index (κ1) is 18.5. The molecule has 0 aliphatic carbocycles. The molecule has 144 valence electrons. The normalized spacial score (nSPS) is 18.1. The number of hydrogen-bond donors (Lipinski definition) is 2. The molecule has 1 aromatic heterocycles. The molecule has 2 N–H and O–H groups in total. The Morgan fingerprint density at radius 2 is 1.82 bits per heavy atom. The average Bonchev–Trinajstić information content (AvgIpc) is 3.09. The molecule has 2 aromatic carbocycles. The van der Waals surface area contributed by atoms with Crippen LogP contribution in [0, 0.1) is 13.8 Å². The van der Waals surface area contributed by atoms with Gasteiger partial charge in [-0.05, 0) is 55.3 Å². The van der Waals surface area contributed by atoms with Gasteiger partial charge in [-0.1, -0.05) is 42.1 Å². The Hall–Kier alpha value is -2.86. The van der Waals surface area contributed by atoms with Gasteiger partial charge in [0.2, 0.25) is 5.91 Å². The van der Waals surface area contributed by atoms with Crippen molar-refractivity contribution < 1.29 is 9.53 Å². The number of nitrogens with one attached hydrogen (secondary N) is 2. The molecule has 0 saturated heterocycles. The number of anilines is 1. The highest BCUT2D eigenvalue weighted by atomic mass is 32.2. The number of para-hydroxylation sites is 1. The minimum Gasteiger partial charge on any atom is -0.497 e. The van der Waals surface area contributed by atoms with Gasteiger partial charge in [0.15, 0.2) is 0 Å². The van der Waals surface area contributed by atoms with Gasteiger partial charge < -0.3 is 15.5 Å². The molecule has 2 atom stereocenters. The van der Waals surface area contributed by atoms with E-state index in [1.807, 2.05) is 61.5 Å². The molecule has 0 bridgehead atoms. The highest BCUT2D eigenvalue weighted by Crippen LogP contribution is 2.39.